The lowest BCUT2D eigenvalue weighted by molar-refractivity contribution is -0.450. The highest BCUT2D eigenvalue weighted by Gasteiger charge is 2.62. The van der Waals surface area contributed by atoms with Crippen molar-refractivity contribution < 1.29 is 23.7 Å². The van der Waals surface area contributed by atoms with Crippen LogP contribution in [0.1, 0.15) is 68.2 Å². The van der Waals surface area contributed by atoms with Gasteiger partial charge in [-0.25, -0.2) is 0 Å². The molecule has 0 radical (unpaired) electrons. The number of hydrogen-bond acceptors (Lipinski definition) is 5. The first-order valence-corrected chi connectivity index (χ1v) is 10.7. The molecule has 0 aromatic rings. The second-order valence-electron chi connectivity index (χ2n) is 9.66. The van der Waals surface area contributed by atoms with Crippen molar-refractivity contribution in [1.82, 2.24) is 0 Å². The fraction of sp³-hybridized carbons (Fsp3) is 1.00. The Morgan fingerprint density at radius 3 is 1.26 bits per heavy atom. The summed E-state index contributed by atoms with van der Waals surface area (Å²) >= 11 is 0. The van der Waals surface area contributed by atoms with Crippen molar-refractivity contribution in [1.29, 1.82) is 0 Å². The molecule has 2 aliphatic heterocycles. The molecule has 0 aromatic heterocycles. The maximum atomic E-state index is 6.92. The van der Waals surface area contributed by atoms with Crippen molar-refractivity contribution in [2.75, 3.05) is 39.6 Å². The molecule has 2 aliphatic rings. The van der Waals surface area contributed by atoms with Crippen molar-refractivity contribution in [3.05, 3.63) is 0 Å². The van der Waals surface area contributed by atoms with Crippen molar-refractivity contribution in [2.45, 2.75) is 79.8 Å². The average molecular weight is 387 g/mol. The number of ether oxygens (including phenoxy) is 5. The predicted molar refractivity (Wildman–Crippen MR) is 107 cm³/mol. The van der Waals surface area contributed by atoms with Crippen LogP contribution in [0.2, 0.25) is 0 Å². The van der Waals surface area contributed by atoms with E-state index in [0.29, 0.717) is 51.5 Å². The fourth-order valence-corrected chi connectivity index (χ4v) is 3.88. The summed E-state index contributed by atoms with van der Waals surface area (Å²) in [4.78, 5) is 0. The van der Waals surface area contributed by atoms with Crippen LogP contribution < -0.4 is 0 Å². The molecule has 0 saturated carbocycles. The van der Waals surface area contributed by atoms with Gasteiger partial charge < -0.3 is 23.7 Å². The molecule has 27 heavy (non-hydrogen) atoms. The molecule has 0 amide bonds. The predicted octanol–water partition coefficient (Wildman–Crippen LogP) is 4.63. The van der Waals surface area contributed by atoms with Gasteiger partial charge in [0.05, 0.1) is 50.5 Å². The van der Waals surface area contributed by atoms with E-state index < -0.39 is 11.6 Å². The van der Waals surface area contributed by atoms with E-state index >= 15 is 0 Å². The standard InChI is InChI=1S/C22H42O5/c1-9-21(13-23-14-21)19(7,25-11-17(3)4)27-20(8,26-12-18(5)6)22(10-2)15-24-16-22/h17-18H,9-16H2,1-8H3. The summed E-state index contributed by atoms with van der Waals surface area (Å²) in [5, 5.41) is 0. The average Bonchev–Trinajstić information content (AvgIpc) is 2.50. The van der Waals surface area contributed by atoms with Crippen LogP contribution in [0.25, 0.3) is 0 Å². The lowest BCUT2D eigenvalue weighted by Gasteiger charge is -2.59. The first-order chi connectivity index (χ1) is 12.6. The fourth-order valence-electron chi connectivity index (χ4n) is 3.88. The van der Waals surface area contributed by atoms with E-state index in [2.05, 4.69) is 55.4 Å². The van der Waals surface area contributed by atoms with Gasteiger partial charge in [-0.3, -0.25) is 0 Å². The van der Waals surface area contributed by atoms with Crippen LogP contribution in [0.5, 0.6) is 0 Å². The summed E-state index contributed by atoms with van der Waals surface area (Å²) in [6.07, 6.45) is 1.88. The molecule has 160 valence electrons. The van der Waals surface area contributed by atoms with Gasteiger partial charge in [0.15, 0.2) is 11.6 Å². The third kappa shape index (κ3) is 4.37. The molecule has 0 spiro atoms. The zero-order valence-corrected chi connectivity index (χ0v) is 18.9. The lowest BCUT2D eigenvalue weighted by Crippen LogP contribution is -2.69. The van der Waals surface area contributed by atoms with E-state index in [1.54, 1.807) is 0 Å². The van der Waals surface area contributed by atoms with Crippen molar-refractivity contribution >= 4 is 0 Å². The van der Waals surface area contributed by atoms with Gasteiger partial charge in [0, 0.05) is 0 Å². The van der Waals surface area contributed by atoms with Gasteiger partial charge in [-0.1, -0.05) is 41.5 Å². The molecular formula is C22H42O5. The maximum Gasteiger partial charge on any atom is 0.178 e. The van der Waals surface area contributed by atoms with Crippen LogP contribution >= 0.6 is 0 Å². The third-order valence-electron chi connectivity index (χ3n) is 6.57. The van der Waals surface area contributed by atoms with Gasteiger partial charge in [0.2, 0.25) is 0 Å². The molecule has 0 N–H and O–H groups in total. The SMILES string of the molecule is CCC1(C(C)(OCC(C)C)OC(C)(OCC(C)C)C2(CC)COC2)COC1. The molecule has 2 atom stereocenters. The van der Waals surface area contributed by atoms with Crippen LogP contribution in [0.3, 0.4) is 0 Å². The quantitative estimate of drug-likeness (QED) is 0.458. The Hall–Kier alpha value is -0.200. The highest BCUT2D eigenvalue weighted by molar-refractivity contribution is 5.02. The topological polar surface area (TPSA) is 46.2 Å². The molecule has 2 rings (SSSR count). The van der Waals surface area contributed by atoms with Crippen LogP contribution in [0, 0.1) is 22.7 Å². The largest absolute Gasteiger partial charge is 0.380 e. The highest BCUT2D eigenvalue weighted by atomic mass is 16.8. The molecule has 0 bridgehead atoms. The molecular weight excluding hydrogens is 344 g/mol. The molecule has 2 heterocycles. The summed E-state index contributed by atoms with van der Waals surface area (Å²) in [7, 11) is 0. The molecule has 0 aromatic carbocycles. The molecule has 5 nitrogen and oxygen atoms in total. The highest BCUT2D eigenvalue weighted by Crippen LogP contribution is 2.52. The monoisotopic (exact) mass is 386 g/mol. The van der Waals surface area contributed by atoms with E-state index in [4.69, 9.17) is 23.7 Å². The summed E-state index contributed by atoms with van der Waals surface area (Å²) in [5.41, 5.74) is -0.298. The summed E-state index contributed by atoms with van der Waals surface area (Å²) < 4.78 is 31.1. The first kappa shape index (κ1) is 23.1. The second kappa shape index (κ2) is 8.66. The van der Waals surface area contributed by atoms with E-state index in [1.165, 1.54) is 0 Å². The Labute approximate surface area is 166 Å². The Bertz CT molecular complexity index is 416. The second-order valence-corrected chi connectivity index (χ2v) is 9.66. The first-order valence-electron chi connectivity index (χ1n) is 10.7. The van der Waals surface area contributed by atoms with E-state index in [1.807, 2.05) is 0 Å². The van der Waals surface area contributed by atoms with E-state index in [9.17, 15) is 0 Å². The van der Waals surface area contributed by atoms with Crippen LogP contribution in [0.15, 0.2) is 0 Å². The van der Waals surface area contributed by atoms with Gasteiger partial charge in [-0.15, -0.1) is 0 Å². The lowest BCUT2D eigenvalue weighted by atomic mass is 9.72. The zero-order chi connectivity index (χ0) is 20.3. The van der Waals surface area contributed by atoms with Gasteiger partial charge in [0.1, 0.15) is 0 Å². The molecule has 2 saturated heterocycles. The maximum absolute atomic E-state index is 6.92. The van der Waals surface area contributed by atoms with Crippen molar-refractivity contribution in [3.63, 3.8) is 0 Å². The molecule has 5 heteroatoms. The molecule has 2 unspecified atom stereocenters. The van der Waals surface area contributed by atoms with E-state index in [0.717, 1.165) is 12.8 Å². The minimum atomic E-state index is -0.770. The van der Waals surface area contributed by atoms with Crippen LogP contribution in [-0.4, -0.2) is 51.2 Å². The van der Waals surface area contributed by atoms with Crippen LogP contribution in [-0.2, 0) is 23.7 Å². The Balaban J connectivity index is 2.33. The summed E-state index contributed by atoms with van der Waals surface area (Å²) in [6.45, 7) is 21.1. The summed E-state index contributed by atoms with van der Waals surface area (Å²) in [5.74, 6) is -0.683. The Kier molecular flexibility index (Phi) is 7.41. The number of hydrogen-bond donors (Lipinski definition) is 0. The van der Waals surface area contributed by atoms with Crippen molar-refractivity contribution in [2.24, 2.45) is 22.7 Å². The van der Waals surface area contributed by atoms with E-state index in [-0.39, 0.29) is 10.8 Å². The van der Waals surface area contributed by atoms with Gasteiger partial charge in [0.25, 0.3) is 0 Å². The van der Waals surface area contributed by atoms with Crippen LogP contribution in [0.4, 0.5) is 0 Å². The molecule has 2 fully saturated rings. The Morgan fingerprint density at radius 2 is 1.07 bits per heavy atom. The molecule has 0 aliphatic carbocycles. The smallest absolute Gasteiger partial charge is 0.178 e. The van der Waals surface area contributed by atoms with Crippen molar-refractivity contribution in [3.8, 4) is 0 Å². The Morgan fingerprint density at radius 1 is 0.741 bits per heavy atom. The number of rotatable bonds is 12. The minimum absolute atomic E-state index is 0.149. The van der Waals surface area contributed by atoms with Gasteiger partial charge >= 0.3 is 0 Å². The normalized spacial score (nSPS) is 25.6. The third-order valence-corrected chi connectivity index (χ3v) is 6.57. The summed E-state index contributed by atoms with van der Waals surface area (Å²) in [6, 6.07) is 0. The van der Waals surface area contributed by atoms with Gasteiger partial charge in [-0.05, 0) is 38.5 Å². The zero-order valence-electron chi connectivity index (χ0n) is 18.9. The van der Waals surface area contributed by atoms with Gasteiger partial charge in [-0.2, -0.15) is 0 Å². The minimum Gasteiger partial charge on any atom is -0.380 e.